The van der Waals surface area contributed by atoms with Crippen LogP contribution in [0.5, 0.6) is 17.5 Å². The fourth-order valence-corrected chi connectivity index (χ4v) is 2.28. The lowest BCUT2D eigenvalue weighted by Crippen LogP contribution is -2.08. The zero-order valence-corrected chi connectivity index (χ0v) is 16.9. The van der Waals surface area contributed by atoms with Crippen LogP contribution < -0.4 is 14.2 Å². The van der Waals surface area contributed by atoms with Crippen molar-refractivity contribution in [3.05, 3.63) is 52.8 Å². The van der Waals surface area contributed by atoms with Gasteiger partial charge in [-0.1, -0.05) is 11.6 Å². The molecule has 2 rings (SSSR count). The van der Waals surface area contributed by atoms with Gasteiger partial charge >= 0.3 is 12.2 Å². The molecule has 0 aliphatic carbocycles. The van der Waals surface area contributed by atoms with Gasteiger partial charge in [0.2, 0.25) is 0 Å². The maximum Gasteiger partial charge on any atom is 0.419 e. The topological polar surface area (TPSA) is 53.5 Å². The van der Waals surface area contributed by atoms with Crippen LogP contribution in [-0.4, -0.2) is 29.8 Å². The van der Waals surface area contributed by atoms with E-state index in [4.69, 9.17) is 25.8 Å². The fourth-order valence-electron chi connectivity index (χ4n) is 2.21. The van der Waals surface area contributed by atoms with Crippen LogP contribution in [0.15, 0.2) is 41.7 Å². The summed E-state index contributed by atoms with van der Waals surface area (Å²) in [6, 6.07) is 5.47. The van der Waals surface area contributed by atoms with Gasteiger partial charge in [-0.2, -0.15) is 13.2 Å². The van der Waals surface area contributed by atoms with Crippen LogP contribution in [0.4, 0.5) is 13.2 Å². The predicted octanol–water partition coefficient (Wildman–Crippen LogP) is 5.56. The summed E-state index contributed by atoms with van der Waals surface area (Å²) in [5.41, 5.74) is 0.0409. The number of halogens is 4. The van der Waals surface area contributed by atoms with Crippen molar-refractivity contribution in [3.8, 4) is 17.5 Å². The van der Waals surface area contributed by atoms with Crippen molar-refractivity contribution in [1.82, 2.24) is 9.97 Å². The Bertz CT molecular complexity index is 808. The lowest BCUT2D eigenvalue weighted by Gasteiger charge is -2.11. The standard InChI is InChI=1S/C20H22ClF3N2O3/c1-14-11-17(27-10-7-15(2)21)5-6-18(14)28-8-3-4-9-29-19-25-12-16(13-26-19)20(22,23)24/h5-7,11-13H,3-4,8-10H2,1-2H3/b15-7-. The molecule has 0 spiro atoms. The van der Waals surface area contributed by atoms with Gasteiger partial charge in [0.1, 0.15) is 18.1 Å². The highest BCUT2D eigenvalue weighted by molar-refractivity contribution is 6.29. The summed E-state index contributed by atoms with van der Waals surface area (Å²) in [5.74, 6) is 1.49. The molecule has 1 aromatic heterocycles. The lowest BCUT2D eigenvalue weighted by molar-refractivity contribution is -0.138. The van der Waals surface area contributed by atoms with E-state index < -0.39 is 11.7 Å². The highest BCUT2D eigenvalue weighted by Crippen LogP contribution is 2.28. The zero-order valence-electron chi connectivity index (χ0n) is 16.1. The van der Waals surface area contributed by atoms with Crippen molar-refractivity contribution in [3.63, 3.8) is 0 Å². The number of hydrogen-bond donors (Lipinski definition) is 0. The second-order valence-electron chi connectivity index (χ2n) is 6.19. The van der Waals surface area contributed by atoms with Crippen LogP contribution in [0, 0.1) is 6.92 Å². The van der Waals surface area contributed by atoms with Gasteiger partial charge in [-0.05, 0) is 56.5 Å². The average molecular weight is 431 g/mol. The monoisotopic (exact) mass is 430 g/mol. The van der Waals surface area contributed by atoms with Crippen molar-refractivity contribution >= 4 is 11.6 Å². The third kappa shape index (κ3) is 8.19. The Kier molecular flexibility index (Phi) is 8.57. The minimum absolute atomic E-state index is 0.0791. The molecule has 1 heterocycles. The molecular formula is C20H22ClF3N2O3. The van der Waals surface area contributed by atoms with Gasteiger partial charge in [-0.15, -0.1) is 0 Å². The first-order valence-corrected chi connectivity index (χ1v) is 9.34. The number of alkyl halides is 3. The summed E-state index contributed by atoms with van der Waals surface area (Å²) in [4.78, 5) is 7.11. The van der Waals surface area contributed by atoms with Crippen LogP contribution in [-0.2, 0) is 6.18 Å². The van der Waals surface area contributed by atoms with Gasteiger partial charge in [0.15, 0.2) is 0 Å². The number of aryl methyl sites for hydroxylation is 1. The van der Waals surface area contributed by atoms with E-state index >= 15 is 0 Å². The molecule has 9 heteroatoms. The number of allylic oxidation sites excluding steroid dienone is 1. The Morgan fingerprint density at radius 3 is 2.31 bits per heavy atom. The maximum absolute atomic E-state index is 12.4. The zero-order chi connectivity index (χ0) is 21.3. The maximum atomic E-state index is 12.4. The van der Waals surface area contributed by atoms with Crippen molar-refractivity contribution < 1.29 is 27.4 Å². The summed E-state index contributed by atoms with van der Waals surface area (Å²) in [5, 5.41) is 0.676. The van der Waals surface area contributed by atoms with E-state index in [1.54, 1.807) is 13.0 Å². The number of unbranched alkanes of at least 4 members (excludes halogenated alkanes) is 1. The highest BCUT2D eigenvalue weighted by Gasteiger charge is 2.31. The molecule has 29 heavy (non-hydrogen) atoms. The molecule has 0 unspecified atom stereocenters. The van der Waals surface area contributed by atoms with Crippen molar-refractivity contribution in [2.45, 2.75) is 32.9 Å². The lowest BCUT2D eigenvalue weighted by atomic mass is 10.2. The Morgan fingerprint density at radius 2 is 1.72 bits per heavy atom. The molecule has 0 radical (unpaired) electrons. The van der Waals surface area contributed by atoms with Gasteiger partial charge < -0.3 is 14.2 Å². The molecule has 5 nitrogen and oxygen atoms in total. The number of hydrogen-bond acceptors (Lipinski definition) is 5. The molecular weight excluding hydrogens is 409 g/mol. The van der Waals surface area contributed by atoms with Crippen LogP contribution in [0.2, 0.25) is 0 Å². The molecule has 0 atom stereocenters. The molecule has 1 aromatic carbocycles. The van der Waals surface area contributed by atoms with Crippen LogP contribution in [0.25, 0.3) is 0 Å². The Morgan fingerprint density at radius 1 is 1.07 bits per heavy atom. The van der Waals surface area contributed by atoms with Gasteiger partial charge in [0, 0.05) is 17.4 Å². The molecule has 0 aliphatic heterocycles. The van der Waals surface area contributed by atoms with Gasteiger partial charge in [0.05, 0.1) is 18.8 Å². The smallest absolute Gasteiger partial charge is 0.419 e. The first kappa shape index (κ1) is 22.8. The molecule has 0 fully saturated rings. The molecule has 0 saturated heterocycles. The van der Waals surface area contributed by atoms with E-state index in [-0.39, 0.29) is 12.6 Å². The van der Waals surface area contributed by atoms with Crippen molar-refractivity contribution in [1.29, 1.82) is 0 Å². The molecule has 0 bridgehead atoms. The number of nitrogens with zero attached hydrogens (tertiary/aromatic N) is 2. The summed E-state index contributed by atoms with van der Waals surface area (Å²) in [6.07, 6.45) is 0.0774. The van der Waals surface area contributed by atoms with E-state index in [2.05, 4.69) is 9.97 Å². The molecule has 158 valence electrons. The number of benzene rings is 1. The Labute approximate surface area is 172 Å². The summed E-state index contributed by atoms with van der Waals surface area (Å²) in [6.45, 7) is 4.88. The molecule has 0 aliphatic rings. The fraction of sp³-hybridized carbons (Fsp3) is 0.400. The first-order valence-electron chi connectivity index (χ1n) is 8.96. The second kappa shape index (κ2) is 10.9. The SMILES string of the molecule is C/C(Cl)=C/COc1ccc(OCCCCOc2ncc(C(F)(F)F)cn2)c(C)c1. The van der Waals surface area contributed by atoms with E-state index in [1.807, 2.05) is 25.1 Å². The predicted molar refractivity (Wildman–Crippen MR) is 104 cm³/mol. The highest BCUT2D eigenvalue weighted by atomic mass is 35.5. The van der Waals surface area contributed by atoms with Gasteiger partial charge in [0.25, 0.3) is 0 Å². The first-order chi connectivity index (χ1) is 13.8. The van der Waals surface area contributed by atoms with Gasteiger partial charge in [-0.3, -0.25) is 0 Å². The molecule has 2 aromatic rings. The second-order valence-corrected chi connectivity index (χ2v) is 6.78. The number of ether oxygens (including phenoxy) is 3. The molecule has 0 amide bonds. The minimum atomic E-state index is -4.46. The summed E-state index contributed by atoms with van der Waals surface area (Å²) < 4.78 is 53.9. The Hall–Kier alpha value is -2.48. The third-order valence-corrected chi connectivity index (χ3v) is 3.90. The van der Waals surface area contributed by atoms with Gasteiger partial charge in [-0.25, -0.2) is 9.97 Å². The average Bonchev–Trinajstić information content (AvgIpc) is 2.65. The largest absolute Gasteiger partial charge is 0.493 e. The quantitative estimate of drug-likeness (QED) is 0.462. The molecule has 0 saturated carbocycles. The van der Waals surface area contributed by atoms with E-state index in [0.717, 1.165) is 17.1 Å². The van der Waals surface area contributed by atoms with Crippen molar-refractivity contribution in [2.24, 2.45) is 0 Å². The molecule has 0 N–H and O–H groups in total. The summed E-state index contributed by atoms with van der Waals surface area (Å²) in [7, 11) is 0. The Balaban J connectivity index is 1.67. The number of rotatable bonds is 10. The van der Waals surface area contributed by atoms with E-state index in [1.165, 1.54) is 0 Å². The van der Waals surface area contributed by atoms with Crippen molar-refractivity contribution in [2.75, 3.05) is 19.8 Å². The minimum Gasteiger partial charge on any atom is -0.493 e. The third-order valence-electron chi connectivity index (χ3n) is 3.74. The van der Waals surface area contributed by atoms with E-state index in [0.29, 0.717) is 43.5 Å². The van der Waals surface area contributed by atoms with Crippen LogP contribution in [0.3, 0.4) is 0 Å². The van der Waals surface area contributed by atoms with E-state index in [9.17, 15) is 13.2 Å². The normalized spacial score (nSPS) is 12.0. The summed E-state index contributed by atoms with van der Waals surface area (Å²) >= 11 is 5.76. The van der Waals surface area contributed by atoms with Crippen LogP contribution in [0.1, 0.15) is 30.9 Å². The number of aromatic nitrogens is 2. The van der Waals surface area contributed by atoms with Crippen LogP contribution >= 0.6 is 11.6 Å².